The fourth-order valence-electron chi connectivity index (χ4n) is 0.712. The van der Waals surface area contributed by atoms with Crippen molar-refractivity contribution in [3.63, 3.8) is 0 Å². The van der Waals surface area contributed by atoms with Gasteiger partial charge in [0.15, 0.2) is 0 Å². The molecule has 0 radical (unpaired) electrons. The topological polar surface area (TPSA) is 40.5 Å². The van der Waals surface area contributed by atoms with Crippen LogP contribution in [-0.4, -0.2) is 17.2 Å². The van der Waals surface area contributed by atoms with Gasteiger partial charge in [0.25, 0.3) is 0 Å². The number of halogens is 2. The molecule has 1 rings (SSSR count). The fourth-order valence-corrected chi connectivity index (χ4v) is 1.16. The normalized spacial score (nSPS) is 9.82. The summed E-state index contributed by atoms with van der Waals surface area (Å²) in [6.45, 7) is 0. The molecule has 0 spiro atoms. The standard InChI is InChI=1S/C6H5BBrFO2/c8-6-2-1-4(9)3-5(6)7(10)11/h1-3,10-11H. The lowest BCUT2D eigenvalue weighted by atomic mass is 9.80. The largest absolute Gasteiger partial charge is 0.489 e. The van der Waals surface area contributed by atoms with Crippen molar-refractivity contribution < 1.29 is 14.4 Å². The van der Waals surface area contributed by atoms with Crippen molar-refractivity contribution in [1.82, 2.24) is 0 Å². The zero-order valence-electron chi connectivity index (χ0n) is 5.46. The molecule has 0 atom stereocenters. The molecule has 5 heteroatoms. The quantitative estimate of drug-likeness (QED) is 0.665. The van der Waals surface area contributed by atoms with E-state index < -0.39 is 12.9 Å². The molecule has 58 valence electrons. The van der Waals surface area contributed by atoms with Gasteiger partial charge in [0.2, 0.25) is 0 Å². The maximum atomic E-state index is 12.5. The highest BCUT2D eigenvalue weighted by molar-refractivity contribution is 9.10. The van der Waals surface area contributed by atoms with Gasteiger partial charge >= 0.3 is 7.12 Å². The highest BCUT2D eigenvalue weighted by atomic mass is 79.9. The van der Waals surface area contributed by atoms with E-state index in [9.17, 15) is 4.39 Å². The summed E-state index contributed by atoms with van der Waals surface area (Å²) in [6.07, 6.45) is 0. The van der Waals surface area contributed by atoms with Crippen molar-refractivity contribution in [3.05, 3.63) is 28.5 Å². The van der Waals surface area contributed by atoms with E-state index in [1.54, 1.807) is 0 Å². The SMILES string of the molecule is OB(O)c1cc(F)ccc1Br. The smallest absolute Gasteiger partial charge is 0.423 e. The van der Waals surface area contributed by atoms with Crippen molar-refractivity contribution >= 4 is 28.5 Å². The monoisotopic (exact) mass is 218 g/mol. The van der Waals surface area contributed by atoms with Crippen LogP contribution in [0.5, 0.6) is 0 Å². The first kappa shape index (κ1) is 8.71. The summed E-state index contributed by atoms with van der Waals surface area (Å²) in [6, 6.07) is 3.72. The molecule has 0 unspecified atom stereocenters. The first-order chi connectivity index (χ1) is 5.11. The van der Waals surface area contributed by atoms with Crippen LogP contribution in [-0.2, 0) is 0 Å². The second kappa shape index (κ2) is 3.34. The fraction of sp³-hybridized carbons (Fsp3) is 0. The zero-order chi connectivity index (χ0) is 8.43. The molecule has 0 aromatic heterocycles. The van der Waals surface area contributed by atoms with Crippen LogP contribution in [0, 0.1) is 5.82 Å². The summed E-state index contributed by atoms with van der Waals surface area (Å²) >= 11 is 3.04. The lowest BCUT2D eigenvalue weighted by Gasteiger charge is -2.01. The van der Waals surface area contributed by atoms with Gasteiger partial charge in [0.1, 0.15) is 5.82 Å². The molecule has 2 nitrogen and oxygen atoms in total. The summed E-state index contributed by atoms with van der Waals surface area (Å²) < 4.78 is 12.9. The lowest BCUT2D eigenvalue weighted by molar-refractivity contribution is 0.425. The van der Waals surface area contributed by atoms with Gasteiger partial charge in [-0.25, -0.2) is 4.39 Å². The first-order valence-electron chi connectivity index (χ1n) is 2.92. The van der Waals surface area contributed by atoms with Crippen LogP contribution in [0.15, 0.2) is 22.7 Å². The Hall–Kier alpha value is -0.385. The molecule has 0 fully saturated rings. The van der Waals surface area contributed by atoms with Gasteiger partial charge in [-0.3, -0.25) is 0 Å². The average Bonchev–Trinajstić information content (AvgIpc) is 1.94. The summed E-state index contributed by atoms with van der Waals surface area (Å²) in [5.41, 5.74) is 0.130. The van der Waals surface area contributed by atoms with Gasteiger partial charge in [-0.05, 0) is 23.7 Å². The Morgan fingerprint density at radius 3 is 2.45 bits per heavy atom. The van der Waals surface area contributed by atoms with Crippen molar-refractivity contribution in [2.75, 3.05) is 0 Å². The van der Waals surface area contributed by atoms with Crippen LogP contribution >= 0.6 is 15.9 Å². The van der Waals surface area contributed by atoms with E-state index >= 15 is 0 Å². The highest BCUT2D eigenvalue weighted by Gasteiger charge is 2.14. The van der Waals surface area contributed by atoms with Crippen LogP contribution in [0.3, 0.4) is 0 Å². The summed E-state index contributed by atoms with van der Waals surface area (Å²) in [5.74, 6) is -0.490. The molecule has 0 aliphatic heterocycles. The zero-order valence-corrected chi connectivity index (χ0v) is 7.05. The van der Waals surface area contributed by atoms with Crippen LogP contribution in [0.1, 0.15) is 0 Å². The summed E-state index contributed by atoms with van der Waals surface area (Å²) in [5, 5.41) is 17.4. The number of rotatable bonds is 1. The maximum absolute atomic E-state index is 12.5. The van der Waals surface area contributed by atoms with Crippen LogP contribution in [0.25, 0.3) is 0 Å². The predicted molar refractivity (Wildman–Crippen MR) is 43.9 cm³/mol. The molecule has 0 heterocycles. The van der Waals surface area contributed by atoms with Crippen LogP contribution < -0.4 is 5.46 Å². The molecule has 0 aliphatic rings. The third-order valence-corrected chi connectivity index (χ3v) is 1.96. The van der Waals surface area contributed by atoms with Crippen LogP contribution in [0.4, 0.5) is 4.39 Å². The Morgan fingerprint density at radius 1 is 1.36 bits per heavy atom. The van der Waals surface area contributed by atoms with Gasteiger partial charge in [-0.15, -0.1) is 0 Å². The van der Waals surface area contributed by atoms with Gasteiger partial charge in [-0.1, -0.05) is 15.9 Å². The Kier molecular flexibility index (Phi) is 2.65. The number of hydrogen-bond acceptors (Lipinski definition) is 2. The first-order valence-corrected chi connectivity index (χ1v) is 3.71. The van der Waals surface area contributed by atoms with Gasteiger partial charge < -0.3 is 10.0 Å². The number of hydrogen-bond donors (Lipinski definition) is 2. The van der Waals surface area contributed by atoms with Crippen molar-refractivity contribution in [3.8, 4) is 0 Å². The minimum Gasteiger partial charge on any atom is -0.423 e. The van der Waals surface area contributed by atoms with E-state index in [-0.39, 0.29) is 5.46 Å². The van der Waals surface area contributed by atoms with Gasteiger partial charge in [-0.2, -0.15) is 0 Å². The molecular weight excluding hydrogens is 214 g/mol. The van der Waals surface area contributed by atoms with E-state index in [1.807, 2.05) is 0 Å². The van der Waals surface area contributed by atoms with E-state index in [0.717, 1.165) is 6.07 Å². The molecule has 1 aromatic carbocycles. The second-order valence-corrected chi connectivity index (χ2v) is 2.89. The number of benzene rings is 1. The molecule has 0 amide bonds. The molecule has 0 bridgehead atoms. The molecule has 1 aromatic rings. The van der Waals surface area contributed by atoms with E-state index in [4.69, 9.17) is 10.0 Å². The van der Waals surface area contributed by atoms with Crippen molar-refractivity contribution in [2.24, 2.45) is 0 Å². The van der Waals surface area contributed by atoms with E-state index in [1.165, 1.54) is 12.1 Å². The molecule has 0 saturated heterocycles. The third kappa shape index (κ3) is 2.02. The van der Waals surface area contributed by atoms with E-state index in [2.05, 4.69) is 15.9 Å². The van der Waals surface area contributed by atoms with Crippen molar-refractivity contribution in [1.29, 1.82) is 0 Å². The van der Waals surface area contributed by atoms with Gasteiger partial charge in [0, 0.05) is 4.47 Å². The summed E-state index contributed by atoms with van der Waals surface area (Å²) in [7, 11) is -1.64. The highest BCUT2D eigenvalue weighted by Crippen LogP contribution is 2.07. The lowest BCUT2D eigenvalue weighted by Crippen LogP contribution is -2.31. The molecule has 0 aliphatic carbocycles. The van der Waals surface area contributed by atoms with Crippen molar-refractivity contribution in [2.45, 2.75) is 0 Å². The minimum absolute atomic E-state index is 0.130. The molecule has 11 heavy (non-hydrogen) atoms. The van der Waals surface area contributed by atoms with Crippen LogP contribution in [0.2, 0.25) is 0 Å². The predicted octanol–water partition coefficient (Wildman–Crippen LogP) is 0.268. The Morgan fingerprint density at radius 2 is 2.00 bits per heavy atom. The molecule has 2 N–H and O–H groups in total. The van der Waals surface area contributed by atoms with E-state index in [0.29, 0.717) is 4.47 Å². The Labute approximate surface area is 71.9 Å². The summed E-state index contributed by atoms with van der Waals surface area (Å²) in [4.78, 5) is 0. The maximum Gasteiger partial charge on any atom is 0.489 e. The second-order valence-electron chi connectivity index (χ2n) is 2.04. The Bertz CT molecular complexity index is 267. The Balaban J connectivity index is 3.13. The minimum atomic E-state index is -1.64. The molecule has 0 saturated carbocycles. The van der Waals surface area contributed by atoms with Gasteiger partial charge in [0.05, 0.1) is 0 Å². The molecular formula is C6H5BBrFO2. The average molecular weight is 219 g/mol. The third-order valence-electron chi connectivity index (χ3n) is 1.24.